The lowest BCUT2D eigenvalue weighted by Gasteiger charge is -2.26. The number of esters is 2. The van der Waals surface area contributed by atoms with Gasteiger partial charge in [0.05, 0.1) is 23.0 Å². The predicted octanol–water partition coefficient (Wildman–Crippen LogP) is 4.08. The molecule has 3 atom stereocenters. The second-order valence-corrected chi connectivity index (χ2v) is 5.90. The number of allylic oxidation sites excluding steroid dienone is 2. The number of halogens is 6. The van der Waals surface area contributed by atoms with Crippen LogP contribution < -0.4 is 0 Å². The van der Waals surface area contributed by atoms with Crippen LogP contribution in [0.25, 0.3) is 0 Å². The minimum atomic E-state index is -4.99. The van der Waals surface area contributed by atoms with Crippen LogP contribution in [0.5, 0.6) is 0 Å². The monoisotopic (exact) mass is 364 g/mol. The van der Waals surface area contributed by atoms with E-state index in [1.165, 1.54) is 12.2 Å². The standard InChI is InChI=1S/C16H10F6O3/c17-15(18,19)8-4-7(5-9(6-8)16(20,21)22)10-2-1-3-11-12(10)14(24)25-13(11)23/h1-2,4-6,10-12H,3H2/t10-,11-,12+/m0/s1. The van der Waals surface area contributed by atoms with Gasteiger partial charge in [-0.3, -0.25) is 9.59 Å². The van der Waals surface area contributed by atoms with Crippen LogP contribution in [0.15, 0.2) is 30.4 Å². The molecule has 2 aliphatic rings. The van der Waals surface area contributed by atoms with E-state index in [9.17, 15) is 35.9 Å². The topological polar surface area (TPSA) is 43.4 Å². The Balaban J connectivity index is 2.13. The van der Waals surface area contributed by atoms with Gasteiger partial charge in [0.25, 0.3) is 0 Å². The van der Waals surface area contributed by atoms with Gasteiger partial charge in [0.15, 0.2) is 0 Å². The smallest absolute Gasteiger partial charge is 0.393 e. The molecule has 1 aliphatic carbocycles. The van der Waals surface area contributed by atoms with Crippen LogP contribution in [0.4, 0.5) is 26.3 Å². The van der Waals surface area contributed by atoms with E-state index in [4.69, 9.17) is 0 Å². The number of hydrogen-bond acceptors (Lipinski definition) is 3. The van der Waals surface area contributed by atoms with E-state index in [2.05, 4.69) is 4.74 Å². The van der Waals surface area contributed by atoms with Gasteiger partial charge in [0.1, 0.15) is 0 Å². The van der Waals surface area contributed by atoms with Gasteiger partial charge in [0, 0.05) is 5.92 Å². The number of cyclic esters (lactones) is 2. The molecule has 3 nitrogen and oxygen atoms in total. The van der Waals surface area contributed by atoms with Gasteiger partial charge in [-0.15, -0.1) is 0 Å². The molecule has 0 aromatic heterocycles. The molecule has 3 rings (SSSR count). The third-order valence-corrected chi connectivity index (χ3v) is 4.32. The summed E-state index contributed by atoms with van der Waals surface area (Å²) in [5.74, 6) is -4.86. The highest BCUT2D eigenvalue weighted by atomic mass is 19.4. The number of ether oxygens (including phenoxy) is 1. The first-order valence-electron chi connectivity index (χ1n) is 7.20. The quantitative estimate of drug-likeness (QED) is 0.326. The molecule has 25 heavy (non-hydrogen) atoms. The van der Waals surface area contributed by atoms with Crippen molar-refractivity contribution in [1.29, 1.82) is 0 Å². The molecule has 0 saturated carbocycles. The number of rotatable bonds is 1. The highest BCUT2D eigenvalue weighted by molar-refractivity contribution is 5.97. The Morgan fingerprint density at radius 2 is 1.44 bits per heavy atom. The van der Waals surface area contributed by atoms with Crippen molar-refractivity contribution < 1.29 is 40.7 Å². The van der Waals surface area contributed by atoms with Gasteiger partial charge in [-0.1, -0.05) is 12.2 Å². The zero-order valence-corrected chi connectivity index (χ0v) is 12.3. The lowest BCUT2D eigenvalue weighted by Crippen LogP contribution is -2.27. The molecule has 0 N–H and O–H groups in total. The normalized spacial score (nSPS) is 26.6. The van der Waals surface area contributed by atoms with Crippen molar-refractivity contribution >= 4 is 11.9 Å². The van der Waals surface area contributed by atoms with Crippen LogP contribution in [0.2, 0.25) is 0 Å². The number of hydrogen-bond donors (Lipinski definition) is 0. The van der Waals surface area contributed by atoms with Gasteiger partial charge >= 0.3 is 24.3 Å². The molecular weight excluding hydrogens is 354 g/mol. The van der Waals surface area contributed by atoms with Crippen molar-refractivity contribution in [2.24, 2.45) is 11.8 Å². The highest BCUT2D eigenvalue weighted by Crippen LogP contribution is 2.45. The summed E-state index contributed by atoms with van der Waals surface area (Å²) in [6.45, 7) is 0. The first-order valence-corrected chi connectivity index (χ1v) is 7.20. The van der Waals surface area contributed by atoms with E-state index in [0.717, 1.165) is 0 Å². The van der Waals surface area contributed by atoms with Crippen molar-refractivity contribution in [2.75, 3.05) is 0 Å². The first kappa shape index (κ1) is 17.5. The number of alkyl halides is 6. The lowest BCUT2D eigenvalue weighted by atomic mass is 9.74. The van der Waals surface area contributed by atoms with Crippen LogP contribution in [-0.2, 0) is 26.7 Å². The Morgan fingerprint density at radius 1 is 0.880 bits per heavy atom. The average molecular weight is 364 g/mol. The average Bonchev–Trinajstić information content (AvgIpc) is 2.80. The highest BCUT2D eigenvalue weighted by Gasteiger charge is 2.49. The summed E-state index contributed by atoms with van der Waals surface area (Å²) in [7, 11) is 0. The molecule has 1 fully saturated rings. The largest absolute Gasteiger partial charge is 0.416 e. The Morgan fingerprint density at radius 3 is 1.96 bits per heavy atom. The van der Waals surface area contributed by atoms with Crippen molar-refractivity contribution in [3.05, 3.63) is 47.0 Å². The maximum atomic E-state index is 13.0. The molecule has 9 heteroatoms. The third kappa shape index (κ3) is 3.14. The van der Waals surface area contributed by atoms with Crippen LogP contribution in [0.3, 0.4) is 0 Å². The van der Waals surface area contributed by atoms with E-state index >= 15 is 0 Å². The Hall–Kier alpha value is -2.32. The summed E-state index contributed by atoms with van der Waals surface area (Å²) < 4.78 is 82.4. The van der Waals surface area contributed by atoms with Gasteiger partial charge in [-0.05, 0) is 30.2 Å². The Kier molecular flexibility index (Phi) is 3.92. The molecule has 0 amide bonds. The summed E-state index contributed by atoms with van der Waals surface area (Å²) >= 11 is 0. The summed E-state index contributed by atoms with van der Waals surface area (Å²) in [6.07, 6.45) is -7.02. The van der Waals surface area contributed by atoms with Crippen molar-refractivity contribution in [2.45, 2.75) is 24.7 Å². The molecule has 134 valence electrons. The first-order chi connectivity index (χ1) is 11.5. The fraction of sp³-hybridized carbons (Fsp3) is 0.375. The van der Waals surface area contributed by atoms with E-state index in [-0.39, 0.29) is 18.1 Å². The second-order valence-electron chi connectivity index (χ2n) is 5.90. The molecule has 0 radical (unpaired) electrons. The zero-order chi connectivity index (χ0) is 18.6. The molecule has 0 unspecified atom stereocenters. The van der Waals surface area contributed by atoms with Crippen LogP contribution >= 0.6 is 0 Å². The third-order valence-electron chi connectivity index (χ3n) is 4.32. The molecule has 1 saturated heterocycles. The van der Waals surface area contributed by atoms with E-state index in [0.29, 0.717) is 12.1 Å². The van der Waals surface area contributed by atoms with E-state index in [1.807, 2.05) is 0 Å². The summed E-state index contributed by atoms with van der Waals surface area (Å²) in [6, 6.07) is 1.16. The van der Waals surface area contributed by atoms with Crippen molar-refractivity contribution in [1.82, 2.24) is 0 Å². The minimum Gasteiger partial charge on any atom is -0.393 e. The van der Waals surface area contributed by atoms with E-state index < -0.39 is 53.2 Å². The lowest BCUT2D eigenvalue weighted by molar-refractivity contribution is -0.154. The Labute approximate surface area is 137 Å². The summed E-state index contributed by atoms with van der Waals surface area (Å²) in [5, 5.41) is 0. The molecule has 1 aromatic rings. The molecule has 1 heterocycles. The number of carbonyl (C=O) groups excluding carboxylic acids is 2. The van der Waals surface area contributed by atoms with Crippen molar-refractivity contribution in [3.8, 4) is 0 Å². The van der Waals surface area contributed by atoms with Gasteiger partial charge in [-0.25, -0.2) is 0 Å². The molecule has 1 aromatic carbocycles. The number of benzene rings is 1. The summed E-state index contributed by atoms with van der Waals surface area (Å²) in [4.78, 5) is 23.5. The SMILES string of the molecule is O=C1OC(=O)[C@H]2CC=C[C@@H](c3cc(C(F)(F)F)cc(C(F)(F)F)c3)[C@@H]12. The minimum absolute atomic E-state index is 0.0195. The molecule has 1 aliphatic heterocycles. The van der Waals surface area contributed by atoms with Gasteiger partial charge in [-0.2, -0.15) is 26.3 Å². The van der Waals surface area contributed by atoms with Crippen LogP contribution in [-0.4, -0.2) is 11.9 Å². The van der Waals surface area contributed by atoms with Gasteiger partial charge < -0.3 is 4.74 Å². The Bertz CT molecular complexity index is 730. The zero-order valence-electron chi connectivity index (χ0n) is 12.3. The summed E-state index contributed by atoms with van der Waals surface area (Å²) in [5.41, 5.74) is -3.27. The molecule has 0 bridgehead atoms. The van der Waals surface area contributed by atoms with Crippen molar-refractivity contribution in [3.63, 3.8) is 0 Å². The molecular formula is C16H10F6O3. The van der Waals surface area contributed by atoms with Crippen LogP contribution in [0.1, 0.15) is 29.0 Å². The number of fused-ring (bicyclic) bond motifs is 1. The number of carbonyl (C=O) groups is 2. The van der Waals surface area contributed by atoms with Gasteiger partial charge in [0.2, 0.25) is 0 Å². The maximum absolute atomic E-state index is 13.0. The predicted molar refractivity (Wildman–Crippen MR) is 71.0 cm³/mol. The maximum Gasteiger partial charge on any atom is 0.416 e. The fourth-order valence-corrected chi connectivity index (χ4v) is 3.17. The van der Waals surface area contributed by atoms with E-state index in [1.54, 1.807) is 0 Å². The van der Waals surface area contributed by atoms with Crippen LogP contribution in [0, 0.1) is 11.8 Å². The second kappa shape index (κ2) is 5.60. The molecule has 0 spiro atoms. The fourth-order valence-electron chi connectivity index (χ4n) is 3.17.